The van der Waals surface area contributed by atoms with Crippen LogP contribution in [0.15, 0.2) is 6.07 Å². The van der Waals surface area contributed by atoms with Gasteiger partial charge in [0, 0.05) is 24.9 Å². The van der Waals surface area contributed by atoms with Crippen molar-refractivity contribution in [1.29, 1.82) is 0 Å². The smallest absolute Gasteiger partial charge is 0.326 e. The Bertz CT molecular complexity index is 616. The number of carbonyl (C=O) groups excluding carboxylic acids is 2. The maximum absolute atomic E-state index is 12.9. The first-order chi connectivity index (χ1) is 11.9. The number of hydrogen-bond acceptors (Lipinski definition) is 4. The number of amides is 2. The number of aliphatic carboxylic acids is 1. The minimum absolute atomic E-state index is 0.175. The summed E-state index contributed by atoms with van der Waals surface area (Å²) in [6, 6.07) is 0.999. The molecule has 1 unspecified atom stereocenters. The van der Waals surface area contributed by atoms with Gasteiger partial charge in [0.1, 0.15) is 6.04 Å². The first-order valence-corrected chi connectivity index (χ1v) is 9.61. The molecule has 0 fully saturated rings. The van der Waals surface area contributed by atoms with Crippen LogP contribution >= 0.6 is 11.3 Å². The fraction of sp³-hybridized carbons (Fsp3) is 0.611. The van der Waals surface area contributed by atoms with Crippen LogP contribution in [0.5, 0.6) is 0 Å². The van der Waals surface area contributed by atoms with Gasteiger partial charge in [0.25, 0.3) is 5.91 Å². The van der Waals surface area contributed by atoms with E-state index < -0.39 is 12.0 Å². The van der Waals surface area contributed by atoms with Gasteiger partial charge in [0.15, 0.2) is 0 Å². The van der Waals surface area contributed by atoms with E-state index in [-0.39, 0.29) is 24.9 Å². The summed E-state index contributed by atoms with van der Waals surface area (Å²) < 4.78 is 0. The van der Waals surface area contributed by atoms with Gasteiger partial charge in [-0.05, 0) is 44.2 Å². The number of carbonyl (C=O) groups is 3. The molecular formula is C18H26N2O4S. The molecule has 1 aromatic rings. The normalized spacial score (nSPS) is 15.4. The largest absolute Gasteiger partial charge is 0.480 e. The molecule has 0 saturated carbocycles. The number of nitrogens with zero attached hydrogens (tertiary/aromatic N) is 1. The number of fused-ring (bicyclic) bond motifs is 1. The molecule has 1 aliphatic carbocycles. The molecule has 0 aromatic carbocycles. The van der Waals surface area contributed by atoms with E-state index in [9.17, 15) is 19.5 Å². The van der Waals surface area contributed by atoms with E-state index in [0.717, 1.165) is 25.7 Å². The van der Waals surface area contributed by atoms with Gasteiger partial charge in [0.2, 0.25) is 5.91 Å². The lowest BCUT2D eigenvalue weighted by molar-refractivity contribution is -0.141. The van der Waals surface area contributed by atoms with E-state index in [1.54, 1.807) is 0 Å². The van der Waals surface area contributed by atoms with Crippen LogP contribution in [0, 0.1) is 0 Å². The van der Waals surface area contributed by atoms with E-state index in [0.29, 0.717) is 4.88 Å². The lowest BCUT2D eigenvalue weighted by Gasteiger charge is -2.26. The quantitative estimate of drug-likeness (QED) is 0.810. The molecule has 0 saturated heterocycles. The summed E-state index contributed by atoms with van der Waals surface area (Å²) in [7, 11) is 0. The Labute approximate surface area is 152 Å². The van der Waals surface area contributed by atoms with Gasteiger partial charge in [-0.1, -0.05) is 12.8 Å². The maximum Gasteiger partial charge on any atom is 0.326 e. The summed E-state index contributed by atoms with van der Waals surface area (Å²) in [5.74, 6) is -1.52. The van der Waals surface area contributed by atoms with Crippen molar-refractivity contribution < 1.29 is 19.5 Å². The number of nitrogens with one attached hydrogen (secondary N) is 1. The van der Waals surface area contributed by atoms with Crippen molar-refractivity contribution in [2.45, 2.75) is 58.4 Å². The fourth-order valence-electron chi connectivity index (χ4n) is 3.05. The highest BCUT2D eigenvalue weighted by atomic mass is 32.1. The SMILES string of the molecule is CC(=O)NCCN(C(=O)c1cc2c(s1)CCCCCC2)C(C)C(=O)O. The highest BCUT2D eigenvalue weighted by Crippen LogP contribution is 2.29. The number of thiophene rings is 1. The van der Waals surface area contributed by atoms with E-state index in [2.05, 4.69) is 5.32 Å². The van der Waals surface area contributed by atoms with E-state index in [1.165, 1.54) is 53.4 Å². The molecule has 1 aliphatic rings. The summed E-state index contributed by atoms with van der Waals surface area (Å²) in [4.78, 5) is 38.5. The highest BCUT2D eigenvalue weighted by Gasteiger charge is 2.28. The molecular weight excluding hydrogens is 340 g/mol. The third-order valence-corrected chi connectivity index (χ3v) is 5.74. The van der Waals surface area contributed by atoms with Gasteiger partial charge >= 0.3 is 5.97 Å². The molecule has 2 rings (SSSR count). The molecule has 7 heteroatoms. The van der Waals surface area contributed by atoms with Crippen LogP contribution in [0.4, 0.5) is 0 Å². The lowest BCUT2D eigenvalue weighted by Crippen LogP contribution is -2.46. The second-order valence-electron chi connectivity index (χ2n) is 6.47. The number of carboxylic acids is 1. The molecule has 2 amide bonds. The Morgan fingerprint density at radius 3 is 2.56 bits per heavy atom. The van der Waals surface area contributed by atoms with Gasteiger partial charge in [-0.15, -0.1) is 11.3 Å². The number of rotatable bonds is 6. The van der Waals surface area contributed by atoms with Crippen molar-refractivity contribution in [1.82, 2.24) is 10.2 Å². The molecule has 1 heterocycles. The molecule has 0 aliphatic heterocycles. The van der Waals surface area contributed by atoms with E-state index in [4.69, 9.17) is 0 Å². The Morgan fingerprint density at radius 1 is 1.24 bits per heavy atom. The second-order valence-corrected chi connectivity index (χ2v) is 7.61. The first-order valence-electron chi connectivity index (χ1n) is 8.80. The van der Waals surface area contributed by atoms with Gasteiger partial charge in [-0.2, -0.15) is 0 Å². The summed E-state index contributed by atoms with van der Waals surface area (Å²) in [6.07, 6.45) is 6.69. The average molecular weight is 366 g/mol. The van der Waals surface area contributed by atoms with Crippen molar-refractivity contribution in [3.8, 4) is 0 Å². The lowest BCUT2D eigenvalue weighted by atomic mass is 9.99. The topological polar surface area (TPSA) is 86.7 Å². The van der Waals surface area contributed by atoms with Crippen LogP contribution in [-0.2, 0) is 22.4 Å². The summed E-state index contributed by atoms with van der Waals surface area (Å²) in [5.41, 5.74) is 1.23. The predicted octanol–water partition coefficient (Wildman–Crippen LogP) is 2.46. The van der Waals surface area contributed by atoms with Crippen LogP contribution in [0.2, 0.25) is 0 Å². The van der Waals surface area contributed by atoms with Crippen molar-refractivity contribution in [2.24, 2.45) is 0 Å². The second kappa shape index (κ2) is 8.99. The molecule has 0 radical (unpaired) electrons. The Balaban J connectivity index is 2.18. The summed E-state index contributed by atoms with van der Waals surface area (Å²) in [6.45, 7) is 3.31. The molecule has 138 valence electrons. The zero-order valence-corrected chi connectivity index (χ0v) is 15.7. The molecule has 1 aromatic heterocycles. The van der Waals surface area contributed by atoms with Crippen molar-refractivity contribution >= 4 is 29.1 Å². The number of aryl methyl sites for hydroxylation is 2. The predicted molar refractivity (Wildman–Crippen MR) is 97.0 cm³/mol. The standard InChI is InChI=1S/C18H26N2O4S/c1-12(18(23)24)20(10-9-19-13(2)21)17(22)16-11-14-7-5-3-4-6-8-15(14)25-16/h11-12H,3-10H2,1-2H3,(H,19,21)(H,23,24). The zero-order chi connectivity index (χ0) is 18.4. The van der Waals surface area contributed by atoms with Gasteiger partial charge in [0.05, 0.1) is 4.88 Å². The van der Waals surface area contributed by atoms with Crippen LogP contribution in [0.25, 0.3) is 0 Å². The zero-order valence-electron chi connectivity index (χ0n) is 14.8. The van der Waals surface area contributed by atoms with Crippen molar-refractivity contribution in [2.75, 3.05) is 13.1 Å². The molecule has 0 spiro atoms. The number of hydrogen-bond donors (Lipinski definition) is 2. The van der Waals surface area contributed by atoms with E-state index in [1.807, 2.05) is 6.07 Å². The van der Waals surface area contributed by atoms with Gasteiger partial charge in [-0.25, -0.2) is 4.79 Å². The van der Waals surface area contributed by atoms with Crippen molar-refractivity contribution in [3.05, 3.63) is 21.4 Å². The fourth-order valence-corrected chi connectivity index (χ4v) is 4.26. The Kier molecular flexibility index (Phi) is 6.99. The molecule has 0 bridgehead atoms. The molecule has 1 atom stereocenters. The number of carboxylic acid groups (broad SMARTS) is 1. The van der Waals surface area contributed by atoms with Gasteiger partial charge in [-0.3, -0.25) is 9.59 Å². The minimum Gasteiger partial charge on any atom is -0.480 e. The van der Waals surface area contributed by atoms with Gasteiger partial charge < -0.3 is 15.3 Å². The Hall–Kier alpha value is -1.89. The highest BCUT2D eigenvalue weighted by molar-refractivity contribution is 7.14. The monoisotopic (exact) mass is 366 g/mol. The first kappa shape index (κ1) is 19.4. The minimum atomic E-state index is -1.05. The van der Waals surface area contributed by atoms with Crippen LogP contribution in [0.3, 0.4) is 0 Å². The van der Waals surface area contributed by atoms with Crippen LogP contribution < -0.4 is 5.32 Å². The molecule has 2 N–H and O–H groups in total. The third-order valence-electron chi connectivity index (χ3n) is 4.52. The summed E-state index contributed by atoms with van der Waals surface area (Å²) in [5, 5.41) is 11.9. The van der Waals surface area contributed by atoms with Crippen LogP contribution in [0.1, 0.15) is 59.6 Å². The van der Waals surface area contributed by atoms with Crippen LogP contribution in [-0.4, -0.2) is 46.9 Å². The third kappa shape index (κ3) is 5.29. The van der Waals surface area contributed by atoms with E-state index >= 15 is 0 Å². The molecule has 25 heavy (non-hydrogen) atoms. The molecule has 6 nitrogen and oxygen atoms in total. The Morgan fingerprint density at radius 2 is 1.92 bits per heavy atom. The van der Waals surface area contributed by atoms with Crippen molar-refractivity contribution in [3.63, 3.8) is 0 Å². The average Bonchev–Trinajstić information content (AvgIpc) is 2.92. The summed E-state index contributed by atoms with van der Waals surface area (Å²) >= 11 is 1.49. The maximum atomic E-state index is 12.9.